The molecule has 0 unspecified atom stereocenters. The molecule has 0 saturated carbocycles. The Bertz CT molecular complexity index is 143. The molecule has 0 saturated heterocycles. The topological polar surface area (TPSA) is 40.5 Å². The van der Waals surface area contributed by atoms with Crippen molar-refractivity contribution in [3.63, 3.8) is 0 Å². The van der Waals surface area contributed by atoms with Crippen LogP contribution in [0.4, 0.5) is 0 Å². The summed E-state index contributed by atoms with van der Waals surface area (Å²) >= 11 is 0. The van der Waals surface area contributed by atoms with Crippen molar-refractivity contribution in [1.29, 1.82) is 0 Å². The molecule has 0 aromatic heterocycles. The van der Waals surface area contributed by atoms with Gasteiger partial charge in [-0.1, -0.05) is 41.0 Å². The lowest BCUT2D eigenvalue weighted by Gasteiger charge is -2.28. The standard InChI is InChI=1S/C11H24O2/c1-10(2,3)7-6-8-11(4,5)9(12)13/h9,12-13H,6-8H2,1-5H3. The maximum absolute atomic E-state index is 9.07. The Morgan fingerprint density at radius 2 is 1.38 bits per heavy atom. The van der Waals surface area contributed by atoms with E-state index in [1.165, 1.54) is 0 Å². The molecular weight excluding hydrogens is 164 g/mol. The van der Waals surface area contributed by atoms with E-state index in [0.29, 0.717) is 5.41 Å². The molecule has 0 aromatic carbocycles. The molecule has 0 aromatic rings. The lowest BCUT2D eigenvalue weighted by molar-refractivity contribution is -0.125. The summed E-state index contributed by atoms with van der Waals surface area (Å²) in [6.07, 6.45) is 1.84. The average molecular weight is 188 g/mol. The van der Waals surface area contributed by atoms with Crippen LogP contribution in [0.1, 0.15) is 53.9 Å². The number of hydrogen-bond donors (Lipinski definition) is 2. The Morgan fingerprint density at radius 3 is 1.69 bits per heavy atom. The lowest BCUT2D eigenvalue weighted by Crippen LogP contribution is -2.29. The fourth-order valence-corrected chi connectivity index (χ4v) is 1.20. The number of aliphatic hydroxyl groups is 2. The van der Waals surface area contributed by atoms with Gasteiger partial charge in [0.2, 0.25) is 0 Å². The fourth-order valence-electron chi connectivity index (χ4n) is 1.20. The second-order valence-electron chi connectivity index (χ2n) is 5.78. The van der Waals surface area contributed by atoms with Crippen LogP contribution < -0.4 is 0 Å². The van der Waals surface area contributed by atoms with E-state index in [9.17, 15) is 0 Å². The van der Waals surface area contributed by atoms with Gasteiger partial charge in [0, 0.05) is 5.41 Å². The van der Waals surface area contributed by atoms with Crippen LogP contribution in [-0.2, 0) is 0 Å². The molecule has 0 aliphatic carbocycles. The van der Waals surface area contributed by atoms with Gasteiger partial charge in [0.1, 0.15) is 0 Å². The van der Waals surface area contributed by atoms with Crippen LogP contribution >= 0.6 is 0 Å². The Kier molecular flexibility index (Phi) is 4.40. The first-order valence-corrected chi connectivity index (χ1v) is 5.01. The fraction of sp³-hybridized carbons (Fsp3) is 1.00. The molecule has 0 aliphatic heterocycles. The van der Waals surface area contributed by atoms with Crippen molar-refractivity contribution in [2.45, 2.75) is 60.2 Å². The predicted octanol–water partition coefficient (Wildman–Crippen LogP) is 2.54. The second-order valence-corrected chi connectivity index (χ2v) is 5.78. The summed E-state index contributed by atoms with van der Waals surface area (Å²) in [5.41, 5.74) is -0.0261. The van der Waals surface area contributed by atoms with Gasteiger partial charge in [-0.2, -0.15) is 0 Å². The summed E-state index contributed by atoms with van der Waals surface area (Å²) in [7, 11) is 0. The van der Waals surface area contributed by atoms with E-state index in [-0.39, 0.29) is 5.41 Å². The van der Waals surface area contributed by atoms with E-state index >= 15 is 0 Å². The largest absolute Gasteiger partial charge is 0.368 e. The van der Waals surface area contributed by atoms with Gasteiger partial charge in [-0.05, 0) is 18.3 Å². The zero-order valence-electron chi connectivity index (χ0n) is 9.59. The van der Waals surface area contributed by atoms with E-state index in [1.54, 1.807) is 0 Å². The summed E-state index contributed by atoms with van der Waals surface area (Å²) in [5, 5.41) is 18.1. The Morgan fingerprint density at radius 1 is 0.923 bits per heavy atom. The number of rotatable bonds is 4. The van der Waals surface area contributed by atoms with Gasteiger partial charge in [-0.15, -0.1) is 0 Å². The molecular formula is C11H24O2. The van der Waals surface area contributed by atoms with E-state index in [2.05, 4.69) is 20.8 Å². The molecule has 0 aliphatic rings. The minimum atomic E-state index is -1.20. The SMILES string of the molecule is CC(C)(C)CCCC(C)(C)C(O)O. The van der Waals surface area contributed by atoms with Gasteiger partial charge in [-0.25, -0.2) is 0 Å². The summed E-state index contributed by atoms with van der Waals surface area (Å²) in [6.45, 7) is 10.4. The smallest absolute Gasteiger partial charge is 0.156 e. The van der Waals surface area contributed by atoms with E-state index < -0.39 is 6.29 Å². The molecule has 0 radical (unpaired) electrons. The maximum atomic E-state index is 9.07. The highest BCUT2D eigenvalue weighted by Crippen LogP contribution is 2.30. The molecule has 80 valence electrons. The Hall–Kier alpha value is -0.0800. The first-order chi connectivity index (χ1) is 5.65. The van der Waals surface area contributed by atoms with Crippen LogP contribution in [0.25, 0.3) is 0 Å². The van der Waals surface area contributed by atoms with Gasteiger partial charge in [0.05, 0.1) is 0 Å². The van der Waals surface area contributed by atoms with Crippen LogP contribution in [0.5, 0.6) is 0 Å². The quantitative estimate of drug-likeness (QED) is 0.666. The molecule has 0 spiro atoms. The highest BCUT2D eigenvalue weighted by Gasteiger charge is 2.25. The van der Waals surface area contributed by atoms with Crippen molar-refractivity contribution in [3.8, 4) is 0 Å². The molecule has 2 heteroatoms. The third-order valence-electron chi connectivity index (χ3n) is 2.45. The first kappa shape index (κ1) is 12.9. The van der Waals surface area contributed by atoms with Crippen molar-refractivity contribution in [2.75, 3.05) is 0 Å². The van der Waals surface area contributed by atoms with Gasteiger partial charge in [0.15, 0.2) is 6.29 Å². The van der Waals surface area contributed by atoms with Gasteiger partial charge < -0.3 is 10.2 Å². The molecule has 2 N–H and O–H groups in total. The molecule has 2 nitrogen and oxygen atoms in total. The second kappa shape index (κ2) is 4.43. The van der Waals surface area contributed by atoms with E-state index in [4.69, 9.17) is 10.2 Å². The summed E-state index contributed by atoms with van der Waals surface area (Å²) < 4.78 is 0. The van der Waals surface area contributed by atoms with Crippen molar-refractivity contribution >= 4 is 0 Å². The molecule has 13 heavy (non-hydrogen) atoms. The molecule has 0 rings (SSSR count). The third-order valence-corrected chi connectivity index (χ3v) is 2.45. The molecule has 0 bridgehead atoms. The normalized spacial score (nSPS) is 13.8. The predicted molar refractivity (Wildman–Crippen MR) is 55.3 cm³/mol. The van der Waals surface area contributed by atoms with Crippen LogP contribution in [-0.4, -0.2) is 16.5 Å². The van der Waals surface area contributed by atoms with Crippen LogP contribution in [0.15, 0.2) is 0 Å². The number of aliphatic hydroxyl groups excluding tert-OH is 1. The maximum Gasteiger partial charge on any atom is 0.156 e. The van der Waals surface area contributed by atoms with Crippen LogP contribution in [0.3, 0.4) is 0 Å². The van der Waals surface area contributed by atoms with Gasteiger partial charge in [-0.3, -0.25) is 0 Å². The minimum Gasteiger partial charge on any atom is -0.368 e. The molecule has 0 amide bonds. The van der Waals surface area contributed by atoms with Gasteiger partial charge in [0.25, 0.3) is 0 Å². The van der Waals surface area contributed by atoms with Crippen molar-refractivity contribution in [3.05, 3.63) is 0 Å². The third kappa shape index (κ3) is 6.05. The monoisotopic (exact) mass is 188 g/mol. The summed E-state index contributed by atoms with van der Waals surface area (Å²) in [6, 6.07) is 0. The molecule has 0 heterocycles. The zero-order chi connectivity index (χ0) is 10.7. The van der Waals surface area contributed by atoms with Crippen LogP contribution in [0, 0.1) is 10.8 Å². The van der Waals surface area contributed by atoms with Crippen molar-refractivity contribution in [2.24, 2.45) is 10.8 Å². The molecule has 0 atom stereocenters. The Balaban J connectivity index is 3.77. The summed E-state index contributed by atoms with van der Waals surface area (Å²) in [5.74, 6) is 0. The number of hydrogen-bond acceptors (Lipinski definition) is 2. The first-order valence-electron chi connectivity index (χ1n) is 5.01. The van der Waals surface area contributed by atoms with Crippen molar-refractivity contribution in [1.82, 2.24) is 0 Å². The summed E-state index contributed by atoms with van der Waals surface area (Å²) in [4.78, 5) is 0. The van der Waals surface area contributed by atoms with E-state index in [1.807, 2.05) is 13.8 Å². The lowest BCUT2D eigenvalue weighted by atomic mass is 9.82. The van der Waals surface area contributed by atoms with Crippen LogP contribution in [0.2, 0.25) is 0 Å². The van der Waals surface area contributed by atoms with E-state index in [0.717, 1.165) is 19.3 Å². The molecule has 0 fully saturated rings. The minimum absolute atomic E-state index is 0.344. The highest BCUT2D eigenvalue weighted by molar-refractivity contribution is 4.72. The zero-order valence-corrected chi connectivity index (χ0v) is 9.59. The highest BCUT2D eigenvalue weighted by atomic mass is 16.5. The average Bonchev–Trinajstić information content (AvgIpc) is 1.82. The van der Waals surface area contributed by atoms with Gasteiger partial charge >= 0.3 is 0 Å². The van der Waals surface area contributed by atoms with Crippen molar-refractivity contribution < 1.29 is 10.2 Å². The Labute approximate surface area is 82.0 Å².